The first-order chi connectivity index (χ1) is 28.0. The number of carbonyl (C=O) groups excluding carboxylic acids is 3. The van der Waals surface area contributed by atoms with E-state index in [-0.39, 0.29) is 49.7 Å². The van der Waals surface area contributed by atoms with Crippen molar-refractivity contribution < 1.29 is 51.8 Å². The third-order valence-electron chi connectivity index (χ3n) is 9.46. The summed E-state index contributed by atoms with van der Waals surface area (Å²) in [6, 6.07) is 20.8. The summed E-state index contributed by atoms with van der Waals surface area (Å²) in [5, 5.41) is 15.2. The smallest absolute Gasteiger partial charge is 0.432 e. The fourth-order valence-corrected chi connectivity index (χ4v) is 8.10. The monoisotopic (exact) mass is 812 g/mol. The number of furan rings is 1. The SMILES string of the molecule is C=C(OP(=O)(CCNC(=O)COc1ccc(C[C@H](NC(=O)c2ccc3c(c2)nc(-c2ccoc2)n3C2CCCCC2)C(=O)O)cc1)Oc1ccccc1)C(=O)OCC. The molecule has 3 N–H and O–H groups in total. The van der Waals surface area contributed by atoms with Crippen LogP contribution in [-0.2, 0) is 34.6 Å². The number of ether oxygens (including phenoxy) is 2. The number of carbonyl (C=O) groups is 4. The number of nitrogens with zero attached hydrogens (tertiary/aromatic N) is 2. The van der Waals surface area contributed by atoms with Gasteiger partial charge in [-0.2, -0.15) is 0 Å². The Balaban J connectivity index is 1.02. The Hall–Kier alpha value is -6.34. The number of hydrogen-bond donors (Lipinski definition) is 3. The van der Waals surface area contributed by atoms with Gasteiger partial charge in [-0.15, -0.1) is 0 Å². The molecule has 1 aliphatic rings. The van der Waals surface area contributed by atoms with Gasteiger partial charge in [-0.05, 0) is 80.4 Å². The van der Waals surface area contributed by atoms with Crippen LogP contribution in [-0.4, -0.2) is 70.4 Å². The molecule has 0 spiro atoms. The molecule has 15 nitrogen and oxygen atoms in total. The van der Waals surface area contributed by atoms with E-state index >= 15 is 0 Å². The van der Waals surface area contributed by atoms with Crippen LogP contribution in [0, 0.1) is 0 Å². The van der Waals surface area contributed by atoms with Crippen LogP contribution in [0.1, 0.15) is 61.0 Å². The zero-order chi connectivity index (χ0) is 41.1. The molecule has 2 amide bonds. The first-order valence-corrected chi connectivity index (χ1v) is 20.7. The third-order valence-corrected chi connectivity index (χ3v) is 11.2. The molecular weight excluding hydrogens is 767 g/mol. The van der Waals surface area contributed by atoms with E-state index in [1.165, 1.54) is 6.42 Å². The van der Waals surface area contributed by atoms with Gasteiger partial charge in [0.1, 0.15) is 29.6 Å². The maximum atomic E-state index is 13.5. The number of carboxylic acid groups (broad SMARTS) is 1. The average molecular weight is 813 g/mol. The molecule has 1 unspecified atom stereocenters. The third kappa shape index (κ3) is 10.7. The van der Waals surface area contributed by atoms with E-state index in [9.17, 15) is 28.8 Å². The molecule has 6 rings (SSSR count). The standard InChI is InChI=1S/C42H45N4O11P/c1-3-54-42(51)28(2)56-58(52,57-34-12-8-5-9-13-34)23-21-43-38(47)27-55-33-17-14-29(15-18-33)24-36(41(49)50)45-40(48)30-16-19-37-35(25-30)44-39(31-20-22-53-26-31)46(37)32-10-6-4-7-11-32/h5,8-9,12-20,22,25-26,32,36H,2-4,6-7,10-11,21,23-24,27H2,1H3,(H,43,47)(H,45,48)(H,49,50)/t36-,58?/m0/s1. The van der Waals surface area contributed by atoms with Gasteiger partial charge >= 0.3 is 19.5 Å². The number of amides is 2. The molecule has 2 heterocycles. The van der Waals surface area contributed by atoms with Crippen molar-refractivity contribution in [2.24, 2.45) is 0 Å². The lowest BCUT2D eigenvalue weighted by atomic mass is 9.95. The van der Waals surface area contributed by atoms with Crippen molar-refractivity contribution in [2.45, 2.75) is 57.5 Å². The Bertz CT molecular complexity index is 2270. The number of aromatic nitrogens is 2. The molecule has 5 aromatic rings. The van der Waals surface area contributed by atoms with E-state index in [4.69, 9.17) is 27.9 Å². The Kier molecular flexibility index (Phi) is 13.7. The second-order valence-corrected chi connectivity index (χ2v) is 15.7. The number of fused-ring (bicyclic) bond motifs is 1. The van der Waals surface area contributed by atoms with Gasteiger partial charge in [0.2, 0.25) is 5.76 Å². The summed E-state index contributed by atoms with van der Waals surface area (Å²) in [5.41, 5.74) is 3.27. The average Bonchev–Trinajstić information content (AvgIpc) is 3.89. The summed E-state index contributed by atoms with van der Waals surface area (Å²) in [5.74, 6) is -2.34. The van der Waals surface area contributed by atoms with Crippen LogP contribution < -0.4 is 19.9 Å². The van der Waals surface area contributed by atoms with Gasteiger partial charge in [0.05, 0.1) is 35.6 Å². The highest BCUT2D eigenvalue weighted by Gasteiger charge is 2.31. The first-order valence-electron chi connectivity index (χ1n) is 19.0. The fraction of sp³-hybridized carbons (Fsp3) is 0.310. The van der Waals surface area contributed by atoms with E-state index in [1.807, 2.05) is 12.1 Å². The molecular formula is C42H45N4O11P. The molecule has 0 bridgehead atoms. The summed E-state index contributed by atoms with van der Waals surface area (Å²) in [6.07, 6.45) is 8.49. The molecule has 0 aliphatic heterocycles. The quantitative estimate of drug-likeness (QED) is 0.0332. The minimum atomic E-state index is -4.01. The van der Waals surface area contributed by atoms with Crippen molar-refractivity contribution >= 4 is 42.4 Å². The number of hydrogen-bond acceptors (Lipinski definition) is 11. The Morgan fingerprint density at radius 2 is 1.76 bits per heavy atom. The lowest BCUT2D eigenvalue weighted by Crippen LogP contribution is -2.42. The van der Waals surface area contributed by atoms with Gasteiger partial charge in [-0.3, -0.25) is 9.59 Å². The van der Waals surface area contributed by atoms with Gasteiger partial charge < -0.3 is 43.2 Å². The maximum absolute atomic E-state index is 13.5. The van der Waals surface area contributed by atoms with Crippen molar-refractivity contribution in [3.8, 4) is 22.9 Å². The summed E-state index contributed by atoms with van der Waals surface area (Å²) >= 11 is 0. The summed E-state index contributed by atoms with van der Waals surface area (Å²) < 4.78 is 42.5. The fourth-order valence-electron chi connectivity index (χ4n) is 6.64. The second kappa shape index (κ2) is 19.2. The van der Waals surface area contributed by atoms with Crippen LogP contribution in [0.4, 0.5) is 0 Å². The van der Waals surface area contributed by atoms with Crippen LogP contribution >= 0.6 is 7.60 Å². The number of imidazole rings is 1. The lowest BCUT2D eigenvalue weighted by Gasteiger charge is -2.25. The highest BCUT2D eigenvalue weighted by Crippen LogP contribution is 2.49. The molecule has 2 aromatic heterocycles. The Labute approximate surface area is 334 Å². The normalized spacial score (nSPS) is 14.4. The Morgan fingerprint density at radius 3 is 2.45 bits per heavy atom. The van der Waals surface area contributed by atoms with Crippen molar-refractivity contribution in [2.75, 3.05) is 25.9 Å². The molecule has 16 heteroatoms. The minimum absolute atomic E-state index is 0.0131. The van der Waals surface area contributed by atoms with Crippen LogP contribution in [0.5, 0.6) is 11.5 Å². The molecule has 0 saturated heterocycles. The highest BCUT2D eigenvalue weighted by atomic mass is 31.2. The van der Waals surface area contributed by atoms with Gasteiger partial charge in [0.25, 0.3) is 11.8 Å². The van der Waals surface area contributed by atoms with Crippen LogP contribution in [0.15, 0.2) is 108 Å². The molecule has 1 aliphatic carbocycles. The number of carboxylic acids is 1. The van der Waals surface area contributed by atoms with E-state index in [2.05, 4.69) is 21.8 Å². The summed E-state index contributed by atoms with van der Waals surface area (Å²) in [7, 11) is -4.01. The summed E-state index contributed by atoms with van der Waals surface area (Å²) in [4.78, 5) is 55.2. The number of aliphatic carboxylic acids is 1. The van der Waals surface area contributed by atoms with Crippen LogP contribution in [0.25, 0.3) is 22.4 Å². The number of rotatable bonds is 19. The second-order valence-electron chi connectivity index (χ2n) is 13.6. The van der Waals surface area contributed by atoms with Gasteiger partial charge in [0.15, 0.2) is 6.61 Å². The van der Waals surface area contributed by atoms with E-state index in [1.54, 1.807) is 86.2 Å². The zero-order valence-electron chi connectivity index (χ0n) is 32.0. The predicted molar refractivity (Wildman–Crippen MR) is 213 cm³/mol. The number of para-hydroxylation sites is 1. The van der Waals surface area contributed by atoms with Gasteiger partial charge in [-0.25, -0.2) is 19.1 Å². The number of nitrogens with one attached hydrogen (secondary N) is 2. The van der Waals surface area contributed by atoms with Gasteiger partial charge in [-0.1, -0.05) is 49.6 Å². The van der Waals surface area contributed by atoms with Crippen LogP contribution in [0.2, 0.25) is 0 Å². The molecule has 0 radical (unpaired) electrons. The highest BCUT2D eigenvalue weighted by molar-refractivity contribution is 7.54. The predicted octanol–water partition coefficient (Wildman–Crippen LogP) is 7.09. The topological polar surface area (TPSA) is 198 Å². The zero-order valence-corrected chi connectivity index (χ0v) is 32.9. The minimum Gasteiger partial charge on any atom is -0.484 e. The summed E-state index contributed by atoms with van der Waals surface area (Å²) in [6.45, 7) is 4.61. The Morgan fingerprint density at radius 1 is 1.00 bits per heavy atom. The molecule has 1 saturated carbocycles. The maximum Gasteiger partial charge on any atom is 0.432 e. The van der Waals surface area contributed by atoms with Crippen molar-refractivity contribution in [1.82, 2.24) is 20.2 Å². The van der Waals surface area contributed by atoms with Crippen molar-refractivity contribution in [3.63, 3.8) is 0 Å². The van der Waals surface area contributed by atoms with Crippen molar-refractivity contribution in [1.29, 1.82) is 0 Å². The van der Waals surface area contributed by atoms with Crippen molar-refractivity contribution in [3.05, 3.63) is 115 Å². The molecule has 304 valence electrons. The molecule has 3 aromatic carbocycles. The lowest BCUT2D eigenvalue weighted by molar-refractivity contribution is -0.141. The first kappa shape index (κ1) is 41.3. The van der Waals surface area contributed by atoms with E-state index in [0.717, 1.165) is 42.6 Å². The van der Waals surface area contributed by atoms with Gasteiger partial charge in [0, 0.05) is 24.6 Å². The molecule has 1 fully saturated rings. The molecule has 58 heavy (non-hydrogen) atoms. The number of benzene rings is 3. The van der Waals surface area contributed by atoms with E-state index < -0.39 is 43.1 Å². The largest absolute Gasteiger partial charge is 0.484 e. The molecule has 2 atom stereocenters. The van der Waals surface area contributed by atoms with Crippen LogP contribution in [0.3, 0.4) is 0 Å². The number of esters is 1. The van der Waals surface area contributed by atoms with E-state index in [0.29, 0.717) is 16.8 Å².